The fourth-order valence-electron chi connectivity index (χ4n) is 4.00. The summed E-state index contributed by atoms with van der Waals surface area (Å²) in [6, 6.07) is 0. The van der Waals surface area contributed by atoms with Crippen LogP contribution in [0.2, 0.25) is 0 Å². The fraction of sp³-hybridized carbons (Fsp3) is 1.00. The number of rotatable bonds is 5. The molecule has 1 saturated heterocycles. The van der Waals surface area contributed by atoms with Crippen LogP contribution in [0.1, 0.15) is 39.0 Å². The number of likely N-dealkylation sites (tertiary alicyclic amines) is 1. The van der Waals surface area contributed by atoms with Crippen molar-refractivity contribution in [2.24, 2.45) is 17.8 Å². The molecule has 4 atom stereocenters. The lowest BCUT2D eigenvalue weighted by molar-refractivity contribution is 0.0290. The van der Waals surface area contributed by atoms with Crippen LogP contribution in [-0.4, -0.2) is 61.3 Å². The highest BCUT2D eigenvalue weighted by Crippen LogP contribution is 2.32. The summed E-state index contributed by atoms with van der Waals surface area (Å²) in [6.45, 7) is 7.07. The predicted molar refractivity (Wildman–Crippen MR) is 80.2 cm³/mol. The quantitative estimate of drug-likeness (QED) is 0.827. The number of aliphatic hydroxyl groups excluding tert-OH is 1. The van der Waals surface area contributed by atoms with Gasteiger partial charge < -0.3 is 14.9 Å². The molecule has 0 spiro atoms. The minimum absolute atomic E-state index is 0.0588. The average Bonchev–Trinajstić information content (AvgIpc) is 2.77. The van der Waals surface area contributed by atoms with Gasteiger partial charge in [-0.15, -0.1) is 0 Å². The monoisotopic (exact) mass is 268 g/mol. The van der Waals surface area contributed by atoms with E-state index in [0.29, 0.717) is 5.92 Å². The Balaban J connectivity index is 1.75. The van der Waals surface area contributed by atoms with Crippen LogP contribution in [0.25, 0.3) is 0 Å². The van der Waals surface area contributed by atoms with E-state index < -0.39 is 0 Å². The highest BCUT2D eigenvalue weighted by molar-refractivity contribution is 4.82. The Morgan fingerprint density at radius 2 is 1.95 bits per heavy atom. The maximum Gasteiger partial charge on any atom is 0.0580 e. The summed E-state index contributed by atoms with van der Waals surface area (Å²) in [7, 11) is 4.46. The summed E-state index contributed by atoms with van der Waals surface area (Å²) >= 11 is 0. The molecule has 0 aromatic heterocycles. The Morgan fingerprint density at radius 3 is 2.58 bits per heavy atom. The smallest absolute Gasteiger partial charge is 0.0580 e. The van der Waals surface area contributed by atoms with E-state index in [1.165, 1.54) is 45.3 Å². The molecule has 0 radical (unpaired) electrons. The SMILES string of the molecule is CCC1CCC(O)C(CN(C)CC2CCN(C)C2)C1. The van der Waals surface area contributed by atoms with Gasteiger partial charge in [-0.1, -0.05) is 13.3 Å². The van der Waals surface area contributed by atoms with Crippen molar-refractivity contribution in [3.05, 3.63) is 0 Å². The van der Waals surface area contributed by atoms with Crippen molar-refractivity contribution in [3.8, 4) is 0 Å². The Kier molecular flexibility index (Phi) is 5.67. The maximum absolute atomic E-state index is 10.2. The summed E-state index contributed by atoms with van der Waals surface area (Å²) in [4.78, 5) is 4.90. The minimum Gasteiger partial charge on any atom is -0.393 e. The molecular weight excluding hydrogens is 236 g/mol. The molecule has 0 bridgehead atoms. The molecule has 112 valence electrons. The van der Waals surface area contributed by atoms with Gasteiger partial charge in [0.1, 0.15) is 0 Å². The number of aliphatic hydroxyl groups is 1. The molecule has 2 fully saturated rings. The lowest BCUT2D eigenvalue weighted by Gasteiger charge is -2.35. The van der Waals surface area contributed by atoms with E-state index in [2.05, 4.69) is 30.8 Å². The Labute approximate surface area is 119 Å². The molecule has 2 rings (SSSR count). The minimum atomic E-state index is -0.0588. The lowest BCUT2D eigenvalue weighted by Crippen LogP contribution is -2.39. The van der Waals surface area contributed by atoms with Crippen LogP contribution >= 0.6 is 0 Å². The van der Waals surface area contributed by atoms with Gasteiger partial charge >= 0.3 is 0 Å². The van der Waals surface area contributed by atoms with Gasteiger partial charge in [0.25, 0.3) is 0 Å². The first kappa shape index (κ1) is 15.3. The van der Waals surface area contributed by atoms with Crippen LogP contribution in [0.4, 0.5) is 0 Å². The fourth-order valence-corrected chi connectivity index (χ4v) is 4.00. The van der Waals surface area contributed by atoms with Crippen LogP contribution in [-0.2, 0) is 0 Å². The van der Waals surface area contributed by atoms with Crippen molar-refractivity contribution < 1.29 is 5.11 Å². The summed E-state index contributed by atoms with van der Waals surface area (Å²) < 4.78 is 0. The second-order valence-electron chi connectivity index (χ2n) is 7.05. The van der Waals surface area contributed by atoms with E-state index in [-0.39, 0.29) is 6.10 Å². The van der Waals surface area contributed by atoms with E-state index in [1.54, 1.807) is 0 Å². The van der Waals surface area contributed by atoms with Crippen LogP contribution in [0.15, 0.2) is 0 Å². The van der Waals surface area contributed by atoms with E-state index in [4.69, 9.17) is 0 Å². The van der Waals surface area contributed by atoms with Crippen LogP contribution in [0.5, 0.6) is 0 Å². The molecule has 3 heteroatoms. The first-order valence-electron chi connectivity index (χ1n) is 8.13. The lowest BCUT2D eigenvalue weighted by atomic mass is 9.78. The third kappa shape index (κ3) is 4.44. The number of nitrogens with zero attached hydrogens (tertiary/aromatic N) is 2. The Morgan fingerprint density at radius 1 is 1.16 bits per heavy atom. The molecule has 1 aliphatic heterocycles. The van der Waals surface area contributed by atoms with Gasteiger partial charge in [0, 0.05) is 19.6 Å². The van der Waals surface area contributed by atoms with Crippen molar-refractivity contribution in [2.45, 2.75) is 45.1 Å². The predicted octanol–water partition coefficient (Wildman–Crippen LogP) is 2.06. The first-order chi connectivity index (χ1) is 9.08. The van der Waals surface area contributed by atoms with E-state index in [9.17, 15) is 5.11 Å². The molecule has 1 N–H and O–H groups in total. The van der Waals surface area contributed by atoms with E-state index >= 15 is 0 Å². The summed E-state index contributed by atoms with van der Waals surface area (Å²) in [5.41, 5.74) is 0. The second kappa shape index (κ2) is 7.05. The van der Waals surface area contributed by atoms with Crippen molar-refractivity contribution in [1.29, 1.82) is 0 Å². The summed E-state index contributed by atoms with van der Waals surface area (Å²) in [6.07, 6.45) is 6.03. The zero-order valence-corrected chi connectivity index (χ0v) is 13.0. The van der Waals surface area contributed by atoms with Gasteiger partial charge in [0.15, 0.2) is 0 Å². The molecule has 0 aromatic rings. The third-order valence-corrected chi connectivity index (χ3v) is 5.23. The highest BCUT2D eigenvalue weighted by Gasteiger charge is 2.30. The summed E-state index contributed by atoms with van der Waals surface area (Å²) in [5, 5.41) is 10.2. The van der Waals surface area contributed by atoms with Gasteiger partial charge in [-0.3, -0.25) is 0 Å². The van der Waals surface area contributed by atoms with Gasteiger partial charge in [0.05, 0.1) is 6.10 Å². The molecule has 19 heavy (non-hydrogen) atoms. The van der Waals surface area contributed by atoms with Gasteiger partial charge in [-0.2, -0.15) is 0 Å². The molecule has 1 saturated carbocycles. The third-order valence-electron chi connectivity index (χ3n) is 5.23. The molecule has 0 aromatic carbocycles. The van der Waals surface area contributed by atoms with Gasteiger partial charge in [-0.25, -0.2) is 0 Å². The van der Waals surface area contributed by atoms with Crippen molar-refractivity contribution in [3.63, 3.8) is 0 Å². The molecule has 0 amide bonds. The Hall–Kier alpha value is -0.120. The van der Waals surface area contributed by atoms with E-state index in [1.807, 2.05) is 0 Å². The molecule has 1 aliphatic carbocycles. The normalized spacial score (nSPS) is 37.1. The van der Waals surface area contributed by atoms with Gasteiger partial charge in [0.2, 0.25) is 0 Å². The van der Waals surface area contributed by atoms with Crippen molar-refractivity contribution in [2.75, 3.05) is 40.3 Å². The van der Waals surface area contributed by atoms with Gasteiger partial charge in [-0.05, 0) is 64.1 Å². The molecule has 2 aliphatic rings. The van der Waals surface area contributed by atoms with Crippen LogP contribution < -0.4 is 0 Å². The topological polar surface area (TPSA) is 26.7 Å². The standard InChI is InChI=1S/C16H32N2O/c1-4-13-5-6-16(19)15(9-13)12-18(3)11-14-7-8-17(2)10-14/h13-16,19H,4-12H2,1-3H3. The molecular formula is C16H32N2O. The van der Waals surface area contributed by atoms with Crippen molar-refractivity contribution >= 4 is 0 Å². The average molecular weight is 268 g/mol. The Bertz CT molecular complexity index is 271. The molecule has 4 unspecified atom stereocenters. The zero-order valence-electron chi connectivity index (χ0n) is 13.0. The molecule has 1 heterocycles. The van der Waals surface area contributed by atoms with Crippen molar-refractivity contribution in [1.82, 2.24) is 9.80 Å². The molecule has 3 nitrogen and oxygen atoms in total. The number of hydrogen-bond acceptors (Lipinski definition) is 3. The second-order valence-corrected chi connectivity index (χ2v) is 7.05. The highest BCUT2D eigenvalue weighted by atomic mass is 16.3. The maximum atomic E-state index is 10.2. The summed E-state index contributed by atoms with van der Waals surface area (Å²) in [5.74, 6) is 2.18. The first-order valence-corrected chi connectivity index (χ1v) is 8.13. The zero-order chi connectivity index (χ0) is 13.8. The van der Waals surface area contributed by atoms with Crippen LogP contribution in [0, 0.1) is 17.8 Å². The largest absolute Gasteiger partial charge is 0.393 e. The number of hydrogen-bond donors (Lipinski definition) is 1. The van der Waals surface area contributed by atoms with E-state index in [0.717, 1.165) is 24.8 Å². The van der Waals surface area contributed by atoms with Crippen LogP contribution in [0.3, 0.4) is 0 Å².